The van der Waals surface area contributed by atoms with Crippen molar-refractivity contribution in [2.75, 3.05) is 0 Å². The molecule has 5 nitrogen and oxygen atoms in total. The molecule has 0 atom stereocenters. The highest BCUT2D eigenvalue weighted by Crippen LogP contribution is 2.17. The van der Waals surface area contributed by atoms with E-state index in [0.717, 1.165) is 11.1 Å². The fraction of sp³-hybridized carbons (Fsp3) is 0.0435. The summed E-state index contributed by atoms with van der Waals surface area (Å²) < 4.78 is 10.3. The Morgan fingerprint density at radius 3 is 1.71 bits per heavy atom. The lowest BCUT2D eigenvalue weighted by Crippen LogP contribution is -2.08. The Kier molecular flexibility index (Phi) is 5.73. The number of carbonyl (C=O) groups excluding carboxylic acids is 2. The lowest BCUT2D eigenvalue weighted by atomic mass is 10.1. The molecule has 0 spiro atoms. The number of carbonyl (C=O) groups is 2. The summed E-state index contributed by atoms with van der Waals surface area (Å²) in [5, 5.41) is 9.27. The molecular weight excluding hydrogens is 356 g/mol. The summed E-state index contributed by atoms with van der Waals surface area (Å²) in [6, 6.07) is 19.5. The number of ether oxygens (including phenoxy) is 2. The van der Waals surface area contributed by atoms with Gasteiger partial charge in [0.15, 0.2) is 0 Å². The Hall–Kier alpha value is -4.04. The van der Waals surface area contributed by atoms with Gasteiger partial charge < -0.3 is 14.6 Å². The molecule has 3 aromatic rings. The fourth-order valence-electron chi connectivity index (χ4n) is 2.29. The minimum atomic E-state index is -0.516. The largest absolute Gasteiger partial charge is 0.508 e. The van der Waals surface area contributed by atoms with Gasteiger partial charge in [-0.25, -0.2) is 4.79 Å². The minimum Gasteiger partial charge on any atom is -0.508 e. The van der Waals surface area contributed by atoms with Gasteiger partial charge in [0.05, 0.1) is 5.56 Å². The first kappa shape index (κ1) is 18.7. The molecule has 5 heteroatoms. The Morgan fingerprint density at radius 1 is 0.714 bits per heavy atom. The van der Waals surface area contributed by atoms with Crippen LogP contribution in [0, 0.1) is 11.8 Å². The van der Waals surface area contributed by atoms with Gasteiger partial charge in [0.2, 0.25) is 0 Å². The highest BCUT2D eigenvalue weighted by Gasteiger charge is 2.09. The first-order valence-electron chi connectivity index (χ1n) is 8.41. The number of esters is 2. The number of aromatic hydroxyl groups is 1. The van der Waals surface area contributed by atoms with Crippen molar-refractivity contribution in [3.05, 3.63) is 89.5 Å². The molecule has 0 unspecified atom stereocenters. The molecule has 0 bridgehead atoms. The van der Waals surface area contributed by atoms with Crippen molar-refractivity contribution in [3.63, 3.8) is 0 Å². The first-order valence-corrected chi connectivity index (χ1v) is 8.41. The lowest BCUT2D eigenvalue weighted by Gasteiger charge is -2.05. The van der Waals surface area contributed by atoms with Crippen LogP contribution in [0.1, 0.15) is 28.4 Å². The van der Waals surface area contributed by atoms with Crippen LogP contribution in [-0.2, 0) is 4.79 Å². The molecular formula is C23H16O5. The quantitative estimate of drug-likeness (QED) is 0.428. The van der Waals surface area contributed by atoms with E-state index in [0.29, 0.717) is 17.1 Å². The van der Waals surface area contributed by atoms with E-state index in [1.165, 1.54) is 31.2 Å². The molecule has 0 amide bonds. The molecule has 3 aromatic carbocycles. The number of hydrogen-bond donors (Lipinski definition) is 1. The van der Waals surface area contributed by atoms with E-state index in [1.54, 1.807) is 48.5 Å². The third-order valence-corrected chi connectivity index (χ3v) is 3.63. The fourth-order valence-corrected chi connectivity index (χ4v) is 2.29. The zero-order valence-electron chi connectivity index (χ0n) is 15.0. The number of hydrogen-bond acceptors (Lipinski definition) is 5. The van der Waals surface area contributed by atoms with Crippen molar-refractivity contribution >= 4 is 11.9 Å². The van der Waals surface area contributed by atoms with E-state index in [9.17, 15) is 14.7 Å². The lowest BCUT2D eigenvalue weighted by molar-refractivity contribution is -0.131. The van der Waals surface area contributed by atoms with Crippen LogP contribution in [0.4, 0.5) is 0 Å². The number of benzene rings is 3. The van der Waals surface area contributed by atoms with Gasteiger partial charge in [-0.3, -0.25) is 4.79 Å². The van der Waals surface area contributed by atoms with Gasteiger partial charge in [-0.1, -0.05) is 11.8 Å². The van der Waals surface area contributed by atoms with Crippen LogP contribution in [0.2, 0.25) is 0 Å². The summed E-state index contributed by atoms with van der Waals surface area (Å²) in [5.74, 6) is 5.99. The topological polar surface area (TPSA) is 72.8 Å². The second-order valence-corrected chi connectivity index (χ2v) is 5.83. The van der Waals surface area contributed by atoms with Gasteiger partial charge in [0.1, 0.15) is 17.2 Å². The van der Waals surface area contributed by atoms with Crippen LogP contribution < -0.4 is 9.47 Å². The Morgan fingerprint density at radius 2 is 1.18 bits per heavy atom. The maximum absolute atomic E-state index is 12.2. The monoisotopic (exact) mass is 372 g/mol. The molecule has 0 fully saturated rings. The summed E-state index contributed by atoms with van der Waals surface area (Å²) in [6.45, 7) is 1.31. The molecule has 3 rings (SSSR count). The highest BCUT2D eigenvalue weighted by molar-refractivity contribution is 5.91. The van der Waals surface area contributed by atoms with Gasteiger partial charge in [-0.15, -0.1) is 0 Å². The summed E-state index contributed by atoms with van der Waals surface area (Å²) >= 11 is 0. The predicted molar refractivity (Wildman–Crippen MR) is 103 cm³/mol. The van der Waals surface area contributed by atoms with E-state index in [1.807, 2.05) is 0 Å². The zero-order valence-corrected chi connectivity index (χ0v) is 15.0. The minimum absolute atomic E-state index is 0.192. The SMILES string of the molecule is CC(=O)Oc1ccc(C(=O)Oc2ccc(C#Cc3ccc(O)cc3)cc2)cc1. The average Bonchev–Trinajstić information content (AvgIpc) is 2.69. The Labute approximate surface area is 162 Å². The van der Waals surface area contributed by atoms with Crippen molar-refractivity contribution in [1.29, 1.82) is 0 Å². The number of phenolic OH excluding ortho intramolecular Hbond substituents is 1. The van der Waals surface area contributed by atoms with Gasteiger partial charge >= 0.3 is 11.9 Å². The molecule has 0 saturated carbocycles. The second-order valence-electron chi connectivity index (χ2n) is 5.83. The molecule has 1 N–H and O–H groups in total. The van der Waals surface area contributed by atoms with Crippen LogP contribution in [0.25, 0.3) is 0 Å². The summed E-state index contributed by atoms with van der Waals surface area (Å²) in [4.78, 5) is 23.1. The smallest absolute Gasteiger partial charge is 0.343 e. The van der Waals surface area contributed by atoms with E-state index < -0.39 is 11.9 Å². The van der Waals surface area contributed by atoms with Gasteiger partial charge in [-0.2, -0.15) is 0 Å². The molecule has 138 valence electrons. The zero-order chi connectivity index (χ0) is 19.9. The molecule has 0 radical (unpaired) electrons. The summed E-state index contributed by atoms with van der Waals surface area (Å²) in [5.41, 5.74) is 1.89. The Bertz CT molecular complexity index is 1040. The van der Waals surface area contributed by atoms with Crippen molar-refractivity contribution in [2.24, 2.45) is 0 Å². The maximum atomic E-state index is 12.2. The Balaban J connectivity index is 1.63. The van der Waals surface area contributed by atoms with Gasteiger partial charge in [-0.05, 0) is 72.8 Å². The number of phenols is 1. The van der Waals surface area contributed by atoms with Crippen LogP contribution in [-0.4, -0.2) is 17.0 Å². The standard InChI is InChI=1S/C23H16O5/c1-16(24)27-21-14-8-19(9-15-21)23(26)28-22-12-6-18(7-13-22)3-2-17-4-10-20(25)11-5-17/h4-15,25H,1H3. The molecule has 0 saturated heterocycles. The summed E-state index contributed by atoms with van der Waals surface area (Å²) in [6.07, 6.45) is 0. The van der Waals surface area contributed by atoms with Crippen LogP contribution in [0.15, 0.2) is 72.8 Å². The van der Waals surface area contributed by atoms with E-state index in [2.05, 4.69) is 11.8 Å². The predicted octanol–water partition coefficient (Wildman–Crippen LogP) is 3.94. The molecule has 0 aliphatic heterocycles. The molecule has 0 aromatic heterocycles. The van der Waals surface area contributed by atoms with Crippen molar-refractivity contribution < 1.29 is 24.2 Å². The first-order chi connectivity index (χ1) is 13.5. The van der Waals surface area contributed by atoms with Gasteiger partial charge in [0.25, 0.3) is 0 Å². The molecule has 0 heterocycles. The van der Waals surface area contributed by atoms with E-state index >= 15 is 0 Å². The van der Waals surface area contributed by atoms with E-state index in [4.69, 9.17) is 9.47 Å². The van der Waals surface area contributed by atoms with E-state index in [-0.39, 0.29) is 5.75 Å². The second kappa shape index (κ2) is 8.56. The van der Waals surface area contributed by atoms with Crippen LogP contribution in [0.3, 0.4) is 0 Å². The average molecular weight is 372 g/mol. The number of rotatable bonds is 3. The molecule has 0 aliphatic rings. The van der Waals surface area contributed by atoms with Gasteiger partial charge in [0, 0.05) is 18.1 Å². The normalized spacial score (nSPS) is 9.75. The van der Waals surface area contributed by atoms with Crippen LogP contribution >= 0.6 is 0 Å². The van der Waals surface area contributed by atoms with Crippen molar-refractivity contribution in [1.82, 2.24) is 0 Å². The molecule has 0 aliphatic carbocycles. The van der Waals surface area contributed by atoms with Crippen LogP contribution in [0.5, 0.6) is 17.2 Å². The third-order valence-electron chi connectivity index (χ3n) is 3.63. The molecule has 28 heavy (non-hydrogen) atoms. The third kappa shape index (κ3) is 5.23. The van der Waals surface area contributed by atoms with Crippen molar-refractivity contribution in [3.8, 4) is 29.1 Å². The maximum Gasteiger partial charge on any atom is 0.343 e. The van der Waals surface area contributed by atoms with Crippen molar-refractivity contribution in [2.45, 2.75) is 6.92 Å². The highest BCUT2D eigenvalue weighted by atomic mass is 16.5. The summed E-state index contributed by atoms with van der Waals surface area (Å²) in [7, 11) is 0.